The van der Waals surface area contributed by atoms with Crippen molar-refractivity contribution in [2.45, 2.75) is 53.4 Å². The van der Waals surface area contributed by atoms with Gasteiger partial charge in [0, 0.05) is 29.1 Å². The number of methoxy groups -OCH3 is 1. The van der Waals surface area contributed by atoms with Crippen molar-refractivity contribution in [3.8, 4) is 29.3 Å². The molecule has 0 fully saturated rings. The smallest absolute Gasteiger partial charge is 0.259 e. The van der Waals surface area contributed by atoms with Crippen molar-refractivity contribution in [1.82, 2.24) is 15.3 Å². The number of aromatic nitrogens is 2. The summed E-state index contributed by atoms with van der Waals surface area (Å²) in [5.74, 6) is 1.58. The molecule has 9 heteroatoms. The van der Waals surface area contributed by atoms with E-state index in [-0.39, 0.29) is 10.3 Å². The number of pyridine rings is 2. The quantitative estimate of drug-likeness (QED) is 0.0859. The number of hydrogen-bond donors (Lipinski definition) is 1. The average molecular weight is 531 g/mol. The maximum Gasteiger partial charge on any atom is 0.259 e. The van der Waals surface area contributed by atoms with E-state index in [2.05, 4.69) is 47.1 Å². The van der Waals surface area contributed by atoms with Gasteiger partial charge in [-0.1, -0.05) is 63.4 Å². The van der Waals surface area contributed by atoms with Gasteiger partial charge in [-0.2, -0.15) is 4.99 Å². The molecule has 0 saturated heterocycles. The molecular formula is C27H35ClN4O3S. The Kier molecular flexibility index (Phi) is 12.8. The van der Waals surface area contributed by atoms with E-state index < -0.39 is 5.91 Å². The number of halogens is 1. The number of ether oxygens (including phenoxy) is 2. The van der Waals surface area contributed by atoms with E-state index in [4.69, 9.17) is 27.5 Å². The summed E-state index contributed by atoms with van der Waals surface area (Å²) >= 11 is 7.37. The maximum atomic E-state index is 13.3. The minimum atomic E-state index is -0.408. The molecule has 2 rings (SSSR count). The number of aryl methyl sites for hydroxylation is 1. The molecule has 1 amide bonds. The van der Waals surface area contributed by atoms with Crippen LogP contribution in [0.15, 0.2) is 29.5 Å². The lowest BCUT2D eigenvalue weighted by Gasteiger charge is -2.19. The molecule has 2 unspecified atom stereocenters. The van der Waals surface area contributed by atoms with Gasteiger partial charge in [-0.15, -0.1) is 0 Å². The number of amidine groups is 1. The lowest BCUT2D eigenvalue weighted by atomic mass is 9.91. The Morgan fingerprint density at radius 2 is 2.06 bits per heavy atom. The van der Waals surface area contributed by atoms with Crippen molar-refractivity contribution in [3.05, 3.63) is 40.9 Å². The van der Waals surface area contributed by atoms with Crippen LogP contribution in [-0.2, 0) is 4.74 Å². The van der Waals surface area contributed by atoms with Crippen LogP contribution in [0.5, 0.6) is 5.75 Å². The van der Waals surface area contributed by atoms with Gasteiger partial charge in [-0.3, -0.25) is 9.78 Å². The zero-order valence-corrected chi connectivity index (χ0v) is 23.2. The molecule has 2 aromatic rings. The second-order valence-corrected chi connectivity index (χ2v) is 9.91. The van der Waals surface area contributed by atoms with Gasteiger partial charge in [0.2, 0.25) is 0 Å². The van der Waals surface area contributed by atoms with Crippen LogP contribution in [0.25, 0.3) is 11.1 Å². The third-order valence-electron chi connectivity index (χ3n) is 5.78. The number of terminal acetylenes is 1. The van der Waals surface area contributed by atoms with Gasteiger partial charge >= 0.3 is 0 Å². The van der Waals surface area contributed by atoms with Gasteiger partial charge in [0.05, 0.1) is 31.4 Å². The number of aliphatic imine (C=N–C) groups is 1. The number of nitrogens with one attached hydrogen (secondary N) is 1. The fraction of sp³-hybridized carbons (Fsp3) is 0.481. The highest BCUT2D eigenvalue weighted by atomic mass is 35.5. The van der Waals surface area contributed by atoms with E-state index in [9.17, 15) is 4.79 Å². The Morgan fingerprint density at radius 1 is 1.28 bits per heavy atom. The molecular weight excluding hydrogens is 496 g/mol. The number of rotatable bonds is 12. The molecule has 0 aromatic carbocycles. The SMILES string of the molecule is C#C/N=C(/NC(=O)c1cnc(C)cc1-c1cc(Cl)ncc1OC)SCOCC(CCC)CC(C)CC. The summed E-state index contributed by atoms with van der Waals surface area (Å²) in [5, 5.41) is 3.35. The number of hydrogen-bond acceptors (Lipinski definition) is 7. The third-order valence-corrected chi connectivity index (χ3v) is 6.74. The summed E-state index contributed by atoms with van der Waals surface area (Å²) in [5.41, 5.74) is 2.29. The van der Waals surface area contributed by atoms with Crippen LogP contribution < -0.4 is 10.1 Å². The Labute approximate surface area is 223 Å². The molecule has 194 valence electrons. The molecule has 1 N–H and O–H groups in total. The van der Waals surface area contributed by atoms with E-state index in [1.54, 1.807) is 12.1 Å². The number of amides is 1. The highest BCUT2D eigenvalue weighted by molar-refractivity contribution is 8.13. The molecule has 0 aliphatic carbocycles. The highest BCUT2D eigenvalue weighted by Crippen LogP contribution is 2.33. The molecule has 0 spiro atoms. The van der Waals surface area contributed by atoms with Crippen molar-refractivity contribution in [1.29, 1.82) is 0 Å². The van der Waals surface area contributed by atoms with Gasteiger partial charge in [0.1, 0.15) is 10.9 Å². The van der Waals surface area contributed by atoms with E-state index >= 15 is 0 Å². The first-order valence-electron chi connectivity index (χ1n) is 12.0. The van der Waals surface area contributed by atoms with Gasteiger partial charge in [0.25, 0.3) is 5.91 Å². The predicted octanol–water partition coefficient (Wildman–Crippen LogP) is 6.35. The monoisotopic (exact) mass is 530 g/mol. The molecule has 0 bridgehead atoms. The van der Waals surface area contributed by atoms with Gasteiger partial charge < -0.3 is 14.8 Å². The first-order chi connectivity index (χ1) is 17.3. The van der Waals surface area contributed by atoms with Gasteiger partial charge in [-0.25, -0.2) is 4.98 Å². The number of carbonyl (C=O) groups is 1. The third kappa shape index (κ3) is 9.12. The maximum absolute atomic E-state index is 13.3. The second-order valence-electron chi connectivity index (χ2n) is 8.62. The van der Waals surface area contributed by atoms with Crippen LogP contribution in [0, 0.1) is 31.2 Å². The molecule has 7 nitrogen and oxygen atoms in total. The topological polar surface area (TPSA) is 85.7 Å². The zero-order chi connectivity index (χ0) is 26.5. The van der Waals surface area contributed by atoms with Crippen LogP contribution in [0.2, 0.25) is 5.15 Å². The fourth-order valence-electron chi connectivity index (χ4n) is 3.80. The standard InChI is InChI=1S/C27H35ClN4O3S/c1-7-10-20(11-18(4)8-2)16-35-17-36-27(29-9-3)32-26(33)23-14-30-19(5)12-21(23)22-13-25(28)31-15-24(22)34-6/h3,12-15,18,20H,7-8,10-11,16-17H2,1-2,4-6H3,(H,29,32,33). The molecule has 0 aliphatic rings. The number of carbonyl (C=O) groups excluding carboxylic acids is 1. The molecule has 0 radical (unpaired) electrons. The lowest BCUT2D eigenvalue weighted by Crippen LogP contribution is -2.29. The van der Waals surface area contributed by atoms with Crippen LogP contribution in [0.1, 0.15) is 62.5 Å². The van der Waals surface area contributed by atoms with Crippen LogP contribution in [0.3, 0.4) is 0 Å². The summed E-state index contributed by atoms with van der Waals surface area (Å²) < 4.78 is 11.4. The Bertz CT molecular complexity index is 1090. The number of nitrogens with zero attached hydrogens (tertiary/aromatic N) is 3. The van der Waals surface area contributed by atoms with Crippen LogP contribution in [-0.4, -0.2) is 40.7 Å². The summed E-state index contributed by atoms with van der Waals surface area (Å²) in [6.45, 7) is 9.18. The van der Waals surface area contributed by atoms with Gasteiger partial charge in [-0.05, 0) is 43.7 Å². The van der Waals surface area contributed by atoms with E-state index in [0.29, 0.717) is 46.8 Å². The summed E-state index contributed by atoms with van der Waals surface area (Å²) in [6, 6.07) is 5.69. The predicted molar refractivity (Wildman–Crippen MR) is 148 cm³/mol. The minimum Gasteiger partial charge on any atom is -0.494 e. The highest BCUT2D eigenvalue weighted by Gasteiger charge is 2.20. The zero-order valence-electron chi connectivity index (χ0n) is 21.6. The summed E-state index contributed by atoms with van der Waals surface area (Å²) in [4.78, 5) is 25.6. The summed E-state index contributed by atoms with van der Waals surface area (Å²) in [7, 11) is 1.53. The van der Waals surface area contributed by atoms with Crippen LogP contribution >= 0.6 is 23.4 Å². The van der Waals surface area contributed by atoms with E-state index in [1.165, 1.54) is 31.3 Å². The molecule has 2 aromatic heterocycles. The van der Waals surface area contributed by atoms with Crippen molar-refractivity contribution >= 4 is 34.4 Å². The summed E-state index contributed by atoms with van der Waals surface area (Å²) in [6.07, 6.45) is 13.0. The first-order valence-corrected chi connectivity index (χ1v) is 13.4. The minimum absolute atomic E-state index is 0.280. The Hall–Kier alpha value is -2.60. The first kappa shape index (κ1) is 29.6. The van der Waals surface area contributed by atoms with Gasteiger partial charge in [0.15, 0.2) is 5.17 Å². The molecule has 2 heterocycles. The van der Waals surface area contributed by atoms with Crippen molar-refractivity contribution < 1.29 is 14.3 Å². The van der Waals surface area contributed by atoms with Crippen molar-refractivity contribution in [3.63, 3.8) is 0 Å². The van der Waals surface area contributed by atoms with Crippen molar-refractivity contribution in [2.24, 2.45) is 16.8 Å². The lowest BCUT2D eigenvalue weighted by molar-refractivity contribution is 0.0978. The molecule has 36 heavy (non-hydrogen) atoms. The number of thioether (sulfide) groups is 1. The normalized spacial score (nSPS) is 13.1. The molecule has 0 aliphatic heterocycles. The van der Waals surface area contributed by atoms with Crippen LogP contribution in [0.4, 0.5) is 0 Å². The van der Waals surface area contributed by atoms with E-state index in [1.807, 2.05) is 6.92 Å². The largest absolute Gasteiger partial charge is 0.494 e. The van der Waals surface area contributed by atoms with E-state index in [0.717, 1.165) is 31.4 Å². The van der Waals surface area contributed by atoms with Crippen molar-refractivity contribution in [2.75, 3.05) is 19.7 Å². The average Bonchev–Trinajstić information content (AvgIpc) is 2.86. The Balaban J connectivity index is 2.13. The Morgan fingerprint density at radius 3 is 2.72 bits per heavy atom. The molecule has 2 atom stereocenters. The second kappa shape index (κ2) is 15.5. The molecule has 0 saturated carbocycles. The fourth-order valence-corrected chi connectivity index (χ4v) is 4.53.